The Bertz CT molecular complexity index is 762. The topological polar surface area (TPSA) is 102 Å². The molecule has 1 aromatic heterocycles. The van der Waals surface area contributed by atoms with E-state index < -0.39 is 15.9 Å². The van der Waals surface area contributed by atoms with Crippen LogP contribution < -0.4 is 10.5 Å². The van der Waals surface area contributed by atoms with Crippen LogP contribution >= 0.6 is 11.6 Å². The number of carbonyl (C=O) groups is 1. The van der Waals surface area contributed by atoms with Gasteiger partial charge in [-0.05, 0) is 12.1 Å². The van der Waals surface area contributed by atoms with Crippen LogP contribution in [0.4, 0.5) is 0 Å². The number of hydrogen-bond acceptors (Lipinski definition) is 4. The van der Waals surface area contributed by atoms with Crippen molar-refractivity contribution in [3.8, 4) is 0 Å². The molecule has 2 aromatic rings. The molecule has 1 heterocycles. The Kier molecular flexibility index (Phi) is 4.22. The number of halogens is 1. The van der Waals surface area contributed by atoms with Gasteiger partial charge >= 0.3 is 0 Å². The van der Waals surface area contributed by atoms with Crippen LogP contribution in [0, 0.1) is 0 Å². The van der Waals surface area contributed by atoms with Crippen LogP contribution in [0.15, 0.2) is 30.3 Å². The van der Waals surface area contributed by atoms with E-state index in [0.717, 1.165) is 0 Å². The van der Waals surface area contributed by atoms with Crippen LogP contribution in [0.25, 0.3) is 10.9 Å². The second kappa shape index (κ2) is 5.74. The minimum Gasteiger partial charge on any atom is -0.351 e. The first-order valence-electron chi connectivity index (χ1n) is 5.71. The van der Waals surface area contributed by atoms with Crippen LogP contribution in [0.5, 0.6) is 0 Å². The standard InChI is InChI=1S/C12H12ClN3O3S/c13-11-7-9(8-3-1-2-4-10(8)16-11)12(17)15-5-6-20(14,18)19/h1-4,7H,5-6H2,(H,15,17)(H2,14,18,19). The number of benzene rings is 1. The van der Waals surface area contributed by atoms with Gasteiger partial charge < -0.3 is 5.32 Å². The van der Waals surface area contributed by atoms with Crippen molar-refractivity contribution < 1.29 is 13.2 Å². The molecule has 0 aliphatic heterocycles. The Morgan fingerprint density at radius 1 is 1.35 bits per heavy atom. The number of para-hydroxylation sites is 1. The predicted molar refractivity (Wildman–Crippen MR) is 77.1 cm³/mol. The zero-order valence-corrected chi connectivity index (χ0v) is 11.9. The van der Waals surface area contributed by atoms with Gasteiger partial charge in [0.2, 0.25) is 10.0 Å². The average molecular weight is 314 g/mol. The van der Waals surface area contributed by atoms with Gasteiger partial charge in [0, 0.05) is 11.9 Å². The van der Waals surface area contributed by atoms with Gasteiger partial charge in [-0.1, -0.05) is 29.8 Å². The maximum atomic E-state index is 12.1. The van der Waals surface area contributed by atoms with Crippen molar-refractivity contribution in [2.75, 3.05) is 12.3 Å². The first kappa shape index (κ1) is 14.7. The maximum absolute atomic E-state index is 12.1. The lowest BCUT2D eigenvalue weighted by molar-refractivity contribution is 0.0957. The van der Waals surface area contributed by atoms with Crippen molar-refractivity contribution in [2.24, 2.45) is 5.14 Å². The Morgan fingerprint density at radius 2 is 2.05 bits per heavy atom. The maximum Gasteiger partial charge on any atom is 0.252 e. The van der Waals surface area contributed by atoms with E-state index in [1.165, 1.54) is 6.07 Å². The molecule has 6 nitrogen and oxygen atoms in total. The van der Waals surface area contributed by atoms with Crippen molar-refractivity contribution in [2.45, 2.75) is 0 Å². The molecule has 0 aliphatic carbocycles. The molecule has 106 valence electrons. The van der Waals surface area contributed by atoms with E-state index in [0.29, 0.717) is 16.5 Å². The van der Waals surface area contributed by atoms with E-state index in [9.17, 15) is 13.2 Å². The molecule has 8 heteroatoms. The number of rotatable bonds is 4. The summed E-state index contributed by atoms with van der Waals surface area (Å²) in [4.78, 5) is 16.2. The molecule has 0 saturated heterocycles. The van der Waals surface area contributed by atoms with Crippen LogP contribution in [0.2, 0.25) is 5.15 Å². The summed E-state index contributed by atoms with van der Waals surface area (Å²) in [6, 6.07) is 8.49. The van der Waals surface area contributed by atoms with Gasteiger partial charge in [0.25, 0.3) is 5.91 Å². The Balaban J connectivity index is 2.26. The van der Waals surface area contributed by atoms with Gasteiger partial charge in [0.15, 0.2) is 0 Å². The van der Waals surface area contributed by atoms with Gasteiger partial charge in [0.05, 0.1) is 16.8 Å². The summed E-state index contributed by atoms with van der Waals surface area (Å²) in [6.45, 7) is -0.0636. The summed E-state index contributed by atoms with van der Waals surface area (Å²) in [5.41, 5.74) is 0.937. The van der Waals surface area contributed by atoms with E-state index in [2.05, 4.69) is 10.3 Å². The molecule has 0 bridgehead atoms. The minimum absolute atomic E-state index is 0.0636. The normalized spacial score (nSPS) is 11.5. The monoisotopic (exact) mass is 313 g/mol. The number of fused-ring (bicyclic) bond motifs is 1. The molecular weight excluding hydrogens is 302 g/mol. The molecule has 3 N–H and O–H groups in total. The molecule has 0 saturated carbocycles. The first-order valence-corrected chi connectivity index (χ1v) is 7.80. The highest BCUT2D eigenvalue weighted by Crippen LogP contribution is 2.20. The second-order valence-corrected chi connectivity index (χ2v) is 6.25. The van der Waals surface area contributed by atoms with E-state index >= 15 is 0 Å². The van der Waals surface area contributed by atoms with Crippen LogP contribution in [0.3, 0.4) is 0 Å². The summed E-state index contributed by atoms with van der Waals surface area (Å²) in [5.74, 6) is -0.746. The van der Waals surface area contributed by atoms with Crippen molar-refractivity contribution in [3.05, 3.63) is 41.0 Å². The lowest BCUT2D eigenvalue weighted by Crippen LogP contribution is -2.31. The number of carbonyl (C=O) groups excluding carboxylic acids is 1. The number of amides is 1. The van der Waals surface area contributed by atoms with Crippen LogP contribution in [-0.4, -0.2) is 31.6 Å². The zero-order valence-electron chi connectivity index (χ0n) is 10.3. The molecule has 0 atom stereocenters. The first-order chi connectivity index (χ1) is 9.37. The van der Waals surface area contributed by atoms with E-state index in [4.69, 9.17) is 16.7 Å². The quantitative estimate of drug-likeness (QED) is 0.819. The molecule has 0 spiro atoms. The Hall–Kier alpha value is -1.70. The number of sulfonamides is 1. The summed E-state index contributed by atoms with van der Waals surface area (Å²) in [5, 5.41) is 8.19. The van der Waals surface area contributed by atoms with Crippen molar-refractivity contribution >= 4 is 38.4 Å². The minimum atomic E-state index is -3.61. The molecule has 1 aromatic carbocycles. The number of nitrogens with two attached hydrogens (primary N) is 1. The summed E-state index contributed by atoms with van der Waals surface area (Å²) in [7, 11) is -3.61. The van der Waals surface area contributed by atoms with Crippen LogP contribution in [0.1, 0.15) is 10.4 Å². The van der Waals surface area contributed by atoms with Crippen molar-refractivity contribution in [3.63, 3.8) is 0 Å². The predicted octanol–water partition coefficient (Wildman–Crippen LogP) is 0.907. The lowest BCUT2D eigenvalue weighted by Gasteiger charge is -2.08. The summed E-state index contributed by atoms with van der Waals surface area (Å²) < 4.78 is 21.6. The number of pyridine rings is 1. The highest BCUT2D eigenvalue weighted by atomic mass is 35.5. The Morgan fingerprint density at radius 3 is 2.75 bits per heavy atom. The smallest absolute Gasteiger partial charge is 0.252 e. The number of aromatic nitrogens is 1. The third-order valence-electron chi connectivity index (χ3n) is 2.60. The third-order valence-corrected chi connectivity index (χ3v) is 3.57. The van der Waals surface area contributed by atoms with E-state index in [1.54, 1.807) is 24.3 Å². The Labute approximate surface area is 121 Å². The third kappa shape index (κ3) is 3.66. The van der Waals surface area contributed by atoms with Crippen molar-refractivity contribution in [1.82, 2.24) is 10.3 Å². The van der Waals surface area contributed by atoms with Gasteiger partial charge in [-0.2, -0.15) is 0 Å². The second-order valence-electron chi connectivity index (χ2n) is 4.13. The number of nitrogens with one attached hydrogen (secondary N) is 1. The zero-order chi connectivity index (χ0) is 14.8. The molecule has 0 fully saturated rings. The average Bonchev–Trinajstić information content (AvgIpc) is 2.36. The number of nitrogens with zero attached hydrogens (tertiary/aromatic N) is 1. The molecule has 0 aliphatic rings. The van der Waals surface area contributed by atoms with E-state index in [-0.39, 0.29) is 17.5 Å². The lowest BCUT2D eigenvalue weighted by atomic mass is 10.1. The fourth-order valence-electron chi connectivity index (χ4n) is 1.73. The SMILES string of the molecule is NS(=O)(=O)CCNC(=O)c1cc(Cl)nc2ccccc12. The van der Waals surface area contributed by atoms with Crippen LogP contribution in [-0.2, 0) is 10.0 Å². The van der Waals surface area contributed by atoms with Gasteiger partial charge in [-0.3, -0.25) is 4.79 Å². The highest BCUT2D eigenvalue weighted by Gasteiger charge is 2.12. The summed E-state index contributed by atoms with van der Waals surface area (Å²) in [6.07, 6.45) is 0. The highest BCUT2D eigenvalue weighted by molar-refractivity contribution is 7.89. The van der Waals surface area contributed by atoms with Gasteiger partial charge in [-0.15, -0.1) is 0 Å². The molecular formula is C12H12ClN3O3S. The number of hydrogen-bond donors (Lipinski definition) is 2. The molecule has 1 amide bonds. The van der Waals surface area contributed by atoms with Crippen molar-refractivity contribution in [1.29, 1.82) is 0 Å². The van der Waals surface area contributed by atoms with Gasteiger partial charge in [-0.25, -0.2) is 18.5 Å². The fraction of sp³-hybridized carbons (Fsp3) is 0.167. The summed E-state index contributed by atoms with van der Waals surface area (Å²) >= 11 is 5.87. The molecule has 2 rings (SSSR count). The molecule has 0 unspecified atom stereocenters. The molecule has 20 heavy (non-hydrogen) atoms. The largest absolute Gasteiger partial charge is 0.351 e. The number of primary sulfonamides is 1. The fourth-order valence-corrected chi connectivity index (χ4v) is 2.32. The molecule has 0 radical (unpaired) electrons. The van der Waals surface area contributed by atoms with Gasteiger partial charge in [0.1, 0.15) is 5.15 Å². The van der Waals surface area contributed by atoms with E-state index in [1.807, 2.05) is 0 Å².